The van der Waals surface area contributed by atoms with Gasteiger partial charge < -0.3 is 14.5 Å². The fourth-order valence-corrected chi connectivity index (χ4v) is 10.1. The number of pyridine rings is 1. The van der Waals surface area contributed by atoms with Crippen molar-refractivity contribution in [2.75, 3.05) is 16.5 Å². The van der Waals surface area contributed by atoms with Crippen molar-refractivity contribution in [3.63, 3.8) is 0 Å². The minimum atomic E-state index is -0.243. The Bertz CT molecular complexity index is 3050. The van der Waals surface area contributed by atoms with E-state index in [2.05, 4.69) is 250 Å². The van der Waals surface area contributed by atoms with Crippen molar-refractivity contribution in [1.82, 2.24) is 9.55 Å². The molecule has 5 nitrogen and oxygen atoms in total. The van der Waals surface area contributed by atoms with Gasteiger partial charge in [-0.25, -0.2) is 4.98 Å². The van der Waals surface area contributed by atoms with E-state index in [1.807, 2.05) is 18.3 Å². The molecule has 5 heteroatoms. The molecule has 0 atom stereocenters. The van der Waals surface area contributed by atoms with E-state index in [1.165, 1.54) is 55.7 Å². The molecule has 67 heavy (non-hydrogen) atoms. The molecule has 9 rings (SSSR count). The van der Waals surface area contributed by atoms with Crippen LogP contribution in [0.4, 0.5) is 11.4 Å². The molecule has 0 bridgehead atoms. The van der Waals surface area contributed by atoms with Gasteiger partial charge in [-0.15, -0.1) is 0 Å². The van der Waals surface area contributed by atoms with Crippen molar-refractivity contribution in [3.05, 3.63) is 203 Å². The Morgan fingerprint density at radius 2 is 0.970 bits per heavy atom. The lowest BCUT2D eigenvalue weighted by molar-refractivity contribution is 0.444. The Kier molecular flexibility index (Phi) is 11.3. The molecule has 342 valence electrons. The maximum atomic E-state index is 6.88. The number of ether oxygens (including phenoxy) is 1. The van der Waals surface area contributed by atoms with Crippen molar-refractivity contribution >= 4 is 33.2 Å². The highest BCUT2D eigenvalue weighted by Gasteiger charge is 2.43. The van der Waals surface area contributed by atoms with E-state index >= 15 is 0 Å². The summed E-state index contributed by atoms with van der Waals surface area (Å²) in [5.41, 5.74) is 12.8. The molecule has 0 saturated heterocycles. The summed E-state index contributed by atoms with van der Waals surface area (Å²) in [6.45, 7) is 31.1. The van der Waals surface area contributed by atoms with Crippen LogP contribution in [0.3, 0.4) is 0 Å². The normalized spacial score (nSPS) is 14.2. The molecule has 0 fully saturated rings. The van der Waals surface area contributed by atoms with E-state index in [0.29, 0.717) is 6.67 Å². The average molecular weight is 885 g/mol. The average Bonchev–Trinajstić information content (AvgIpc) is 3.87. The Morgan fingerprint density at radius 1 is 0.403 bits per heavy atom. The molecule has 6 aromatic carbocycles. The standard InChI is InChI=1S/C62H68N4O/c1-58(2,3)44-30-33-53-52(38-44)51-32-31-50(40-54(51)66(53)55-29-20-21-34-63-55)67-49-28-22-27-47(39-49)64-41-65(57(60(7,8)9)56(64)59(4,5)6)48-36-45(61(10,11)42-23-16-14-17-24-42)35-46(37-48)62(12,13)43-25-18-15-19-26-43/h14-40H,41H2,1-13H3. The quantitative estimate of drug-likeness (QED) is 0.145. The monoisotopic (exact) mass is 885 g/mol. The number of aromatic nitrogens is 2. The van der Waals surface area contributed by atoms with E-state index in [-0.39, 0.29) is 27.1 Å². The van der Waals surface area contributed by atoms with Crippen molar-refractivity contribution in [3.8, 4) is 17.3 Å². The molecular weight excluding hydrogens is 817 g/mol. The number of benzene rings is 6. The van der Waals surface area contributed by atoms with Gasteiger partial charge in [-0.1, -0.05) is 175 Å². The molecule has 0 saturated carbocycles. The van der Waals surface area contributed by atoms with Gasteiger partial charge in [0.2, 0.25) is 0 Å². The topological polar surface area (TPSA) is 33.5 Å². The summed E-state index contributed by atoms with van der Waals surface area (Å²) in [5, 5.41) is 2.38. The van der Waals surface area contributed by atoms with E-state index in [9.17, 15) is 0 Å². The van der Waals surface area contributed by atoms with Crippen LogP contribution in [0.25, 0.3) is 27.6 Å². The van der Waals surface area contributed by atoms with Gasteiger partial charge in [0.05, 0.1) is 17.7 Å². The SMILES string of the molecule is CC(C)(C)C1=C(C(C)(C)C)N(c2cc(C(C)(C)c3ccccc3)cc(C(C)(C)c3ccccc3)c2)CN1c1cccc(Oc2ccc3c4cc(C(C)(C)C)ccc4n(-c4ccccn4)c3c2)c1. The summed E-state index contributed by atoms with van der Waals surface area (Å²) < 4.78 is 9.14. The second-order valence-corrected chi connectivity index (χ2v) is 22.7. The van der Waals surface area contributed by atoms with Crippen LogP contribution >= 0.6 is 0 Å². The Hall–Kier alpha value is -6.59. The van der Waals surface area contributed by atoms with Crippen LogP contribution in [0.2, 0.25) is 0 Å². The highest BCUT2D eigenvalue weighted by Crippen LogP contribution is 2.50. The lowest BCUT2D eigenvalue weighted by Gasteiger charge is -2.36. The molecule has 1 aliphatic heterocycles. The Labute approximate surface area is 399 Å². The third-order valence-electron chi connectivity index (χ3n) is 14.0. The molecule has 0 N–H and O–H groups in total. The van der Waals surface area contributed by atoms with Crippen molar-refractivity contribution in [1.29, 1.82) is 0 Å². The predicted molar refractivity (Wildman–Crippen MR) is 283 cm³/mol. The summed E-state index contributed by atoms with van der Waals surface area (Å²) in [6.07, 6.45) is 1.86. The second kappa shape index (κ2) is 16.6. The van der Waals surface area contributed by atoms with Crippen molar-refractivity contribution in [2.24, 2.45) is 10.8 Å². The fourth-order valence-electron chi connectivity index (χ4n) is 10.1. The third kappa shape index (κ3) is 8.54. The van der Waals surface area contributed by atoms with Crippen LogP contribution in [-0.2, 0) is 16.2 Å². The number of anilines is 2. The lowest BCUT2D eigenvalue weighted by Crippen LogP contribution is -2.32. The molecule has 0 unspecified atom stereocenters. The van der Waals surface area contributed by atoms with E-state index < -0.39 is 0 Å². The van der Waals surface area contributed by atoms with Crippen LogP contribution in [0.1, 0.15) is 118 Å². The van der Waals surface area contributed by atoms with Crippen LogP contribution in [0.15, 0.2) is 175 Å². The molecule has 1 aliphatic rings. The van der Waals surface area contributed by atoms with Crippen LogP contribution in [-0.4, -0.2) is 16.2 Å². The second-order valence-electron chi connectivity index (χ2n) is 22.7. The zero-order chi connectivity index (χ0) is 47.7. The van der Waals surface area contributed by atoms with Gasteiger partial charge in [0, 0.05) is 73.5 Å². The van der Waals surface area contributed by atoms with Crippen LogP contribution in [0.5, 0.6) is 11.5 Å². The Balaban J connectivity index is 1.15. The molecule has 8 aromatic rings. The maximum absolute atomic E-state index is 6.88. The van der Waals surface area contributed by atoms with Gasteiger partial charge in [-0.2, -0.15) is 0 Å². The largest absolute Gasteiger partial charge is 0.457 e. The van der Waals surface area contributed by atoms with Crippen LogP contribution < -0.4 is 14.5 Å². The van der Waals surface area contributed by atoms with Gasteiger partial charge in [0.1, 0.15) is 17.3 Å². The van der Waals surface area contributed by atoms with Gasteiger partial charge in [-0.3, -0.25) is 4.57 Å². The molecule has 0 spiro atoms. The first-order valence-electron chi connectivity index (χ1n) is 24.0. The summed E-state index contributed by atoms with van der Waals surface area (Å²) in [4.78, 5) is 9.93. The van der Waals surface area contributed by atoms with E-state index in [1.54, 1.807) is 0 Å². The molecule has 0 aliphatic carbocycles. The van der Waals surface area contributed by atoms with Crippen molar-refractivity contribution < 1.29 is 4.74 Å². The smallest absolute Gasteiger partial charge is 0.137 e. The van der Waals surface area contributed by atoms with Gasteiger partial charge in [-0.05, 0) is 93.9 Å². The molecule has 2 aromatic heterocycles. The number of allylic oxidation sites excluding steroid dienone is 2. The maximum Gasteiger partial charge on any atom is 0.137 e. The molecular formula is C62H68N4O. The number of hydrogen-bond donors (Lipinski definition) is 0. The lowest BCUT2D eigenvalue weighted by atomic mass is 9.73. The van der Waals surface area contributed by atoms with Gasteiger partial charge in [0.25, 0.3) is 0 Å². The summed E-state index contributed by atoms with van der Waals surface area (Å²) in [5.74, 6) is 2.44. The van der Waals surface area contributed by atoms with E-state index in [0.717, 1.165) is 34.0 Å². The zero-order valence-corrected chi connectivity index (χ0v) is 42.0. The highest BCUT2D eigenvalue weighted by atomic mass is 16.5. The summed E-state index contributed by atoms with van der Waals surface area (Å²) >= 11 is 0. The minimum Gasteiger partial charge on any atom is -0.457 e. The number of nitrogens with zero attached hydrogens (tertiary/aromatic N) is 4. The Morgan fingerprint density at radius 3 is 1.52 bits per heavy atom. The zero-order valence-electron chi connectivity index (χ0n) is 42.0. The summed E-state index contributed by atoms with van der Waals surface area (Å²) in [7, 11) is 0. The predicted octanol–water partition coefficient (Wildman–Crippen LogP) is 16.5. The van der Waals surface area contributed by atoms with Gasteiger partial charge >= 0.3 is 0 Å². The molecule has 0 amide bonds. The number of rotatable bonds is 9. The molecule has 0 radical (unpaired) electrons. The van der Waals surface area contributed by atoms with Gasteiger partial charge in [0.15, 0.2) is 0 Å². The fraction of sp³-hybridized carbons (Fsp3) is 0.306. The number of hydrogen-bond acceptors (Lipinski definition) is 4. The highest BCUT2D eigenvalue weighted by molar-refractivity contribution is 6.09. The third-order valence-corrected chi connectivity index (χ3v) is 14.0. The van der Waals surface area contributed by atoms with Crippen molar-refractivity contribution in [2.45, 2.75) is 106 Å². The first-order chi connectivity index (χ1) is 31.6. The van der Waals surface area contributed by atoms with Crippen LogP contribution in [0, 0.1) is 10.8 Å². The first-order valence-corrected chi connectivity index (χ1v) is 24.0. The number of fused-ring (bicyclic) bond motifs is 3. The summed E-state index contributed by atoms with van der Waals surface area (Å²) in [6, 6.07) is 57.3. The first kappa shape index (κ1) is 45.6. The van der Waals surface area contributed by atoms with E-state index in [4.69, 9.17) is 9.72 Å². The molecule has 3 heterocycles. The minimum absolute atomic E-state index is 0.0231.